The number of hydrogen-bond donors (Lipinski definition) is 1. The lowest BCUT2D eigenvalue weighted by molar-refractivity contribution is 0.103. The number of halogens is 1. The van der Waals surface area contributed by atoms with Gasteiger partial charge in [0.1, 0.15) is 0 Å². The average molecular weight is 320 g/mol. The number of benzene rings is 2. The molecule has 116 valence electrons. The van der Waals surface area contributed by atoms with Crippen molar-refractivity contribution < 1.29 is 14.3 Å². The summed E-state index contributed by atoms with van der Waals surface area (Å²) in [5.41, 5.74) is 7.06. The first-order valence-electron chi connectivity index (χ1n) is 6.98. The van der Waals surface area contributed by atoms with Gasteiger partial charge in [-0.3, -0.25) is 4.79 Å². The number of ether oxygens (including phenoxy) is 2. The summed E-state index contributed by atoms with van der Waals surface area (Å²) in [5.74, 6) is 0.753. The van der Waals surface area contributed by atoms with Crippen LogP contribution in [-0.4, -0.2) is 19.5 Å². The SMILES string of the molecule is CCCOc1cc(C(=O)c2ccccc2Cl)c(N)cc1OC. The molecule has 0 radical (unpaired) electrons. The van der Waals surface area contributed by atoms with E-state index in [0.29, 0.717) is 39.9 Å². The van der Waals surface area contributed by atoms with Crippen LogP contribution in [0.4, 0.5) is 5.69 Å². The molecule has 0 atom stereocenters. The number of methoxy groups -OCH3 is 1. The number of carbonyl (C=O) groups is 1. The fourth-order valence-electron chi connectivity index (χ4n) is 2.05. The summed E-state index contributed by atoms with van der Waals surface area (Å²) in [7, 11) is 1.53. The van der Waals surface area contributed by atoms with E-state index in [2.05, 4.69) is 0 Å². The predicted octanol–water partition coefficient (Wildman–Crippen LogP) is 3.95. The van der Waals surface area contributed by atoms with Gasteiger partial charge in [0.2, 0.25) is 0 Å². The number of anilines is 1. The first-order valence-corrected chi connectivity index (χ1v) is 7.35. The molecule has 0 aliphatic rings. The Kier molecular flexibility index (Phi) is 5.28. The molecule has 0 fully saturated rings. The van der Waals surface area contributed by atoms with Gasteiger partial charge in [-0.25, -0.2) is 0 Å². The molecule has 0 saturated carbocycles. The van der Waals surface area contributed by atoms with Crippen LogP contribution in [0.1, 0.15) is 29.3 Å². The molecular formula is C17H18ClNO3. The molecule has 2 rings (SSSR count). The monoisotopic (exact) mass is 319 g/mol. The van der Waals surface area contributed by atoms with Crippen LogP contribution in [0.25, 0.3) is 0 Å². The molecule has 22 heavy (non-hydrogen) atoms. The van der Waals surface area contributed by atoms with Gasteiger partial charge in [0.05, 0.1) is 18.7 Å². The second-order valence-electron chi connectivity index (χ2n) is 4.75. The molecule has 0 heterocycles. The quantitative estimate of drug-likeness (QED) is 0.647. The number of carbonyl (C=O) groups excluding carboxylic acids is 1. The summed E-state index contributed by atoms with van der Waals surface area (Å²) < 4.78 is 10.9. The second-order valence-corrected chi connectivity index (χ2v) is 5.15. The van der Waals surface area contributed by atoms with Crippen molar-refractivity contribution in [3.05, 3.63) is 52.5 Å². The Morgan fingerprint density at radius 3 is 2.55 bits per heavy atom. The van der Waals surface area contributed by atoms with Crippen LogP contribution in [-0.2, 0) is 0 Å². The van der Waals surface area contributed by atoms with Gasteiger partial charge in [-0.15, -0.1) is 0 Å². The van der Waals surface area contributed by atoms with Crippen molar-refractivity contribution >= 4 is 23.1 Å². The van der Waals surface area contributed by atoms with Crippen LogP contribution >= 0.6 is 11.6 Å². The highest BCUT2D eigenvalue weighted by Gasteiger charge is 2.18. The van der Waals surface area contributed by atoms with E-state index in [1.54, 1.807) is 36.4 Å². The highest BCUT2D eigenvalue weighted by Crippen LogP contribution is 2.34. The maximum atomic E-state index is 12.7. The third kappa shape index (κ3) is 3.34. The largest absolute Gasteiger partial charge is 0.493 e. The summed E-state index contributed by atoms with van der Waals surface area (Å²) >= 11 is 6.09. The summed E-state index contributed by atoms with van der Waals surface area (Å²) in [4.78, 5) is 12.7. The fourth-order valence-corrected chi connectivity index (χ4v) is 2.27. The van der Waals surface area contributed by atoms with Crippen LogP contribution in [0.15, 0.2) is 36.4 Å². The van der Waals surface area contributed by atoms with Crippen molar-refractivity contribution in [1.82, 2.24) is 0 Å². The lowest BCUT2D eigenvalue weighted by Gasteiger charge is -2.14. The molecule has 0 amide bonds. The lowest BCUT2D eigenvalue weighted by Crippen LogP contribution is -2.08. The smallest absolute Gasteiger partial charge is 0.196 e. The molecule has 2 aromatic carbocycles. The van der Waals surface area contributed by atoms with E-state index in [0.717, 1.165) is 6.42 Å². The van der Waals surface area contributed by atoms with Gasteiger partial charge >= 0.3 is 0 Å². The first-order chi connectivity index (χ1) is 10.6. The van der Waals surface area contributed by atoms with Crippen LogP contribution in [0.3, 0.4) is 0 Å². The van der Waals surface area contributed by atoms with Crippen molar-refractivity contribution in [2.75, 3.05) is 19.5 Å². The van der Waals surface area contributed by atoms with Gasteiger partial charge in [0, 0.05) is 22.9 Å². The molecular weight excluding hydrogens is 302 g/mol. The van der Waals surface area contributed by atoms with E-state index in [1.165, 1.54) is 7.11 Å². The van der Waals surface area contributed by atoms with Gasteiger partial charge in [0.25, 0.3) is 0 Å². The molecule has 0 aliphatic carbocycles. The Labute approximate surface area is 134 Å². The van der Waals surface area contributed by atoms with E-state index in [-0.39, 0.29) is 5.78 Å². The summed E-state index contributed by atoms with van der Waals surface area (Å²) in [6, 6.07) is 10.1. The third-order valence-corrected chi connectivity index (χ3v) is 3.49. The molecule has 5 heteroatoms. The maximum Gasteiger partial charge on any atom is 0.196 e. The number of hydrogen-bond acceptors (Lipinski definition) is 4. The molecule has 0 aromatic heterocycles. The topological polar surface area (TPSA) is 61.5 Å². The zero-order chi connectivity index (χ0) is 16.1. The van der Waals surface area contributed by atoms with Gasteiger partial charge in [-0.2, -0.15) is 0 Å². The van der Waals surface area contributed by atoms with E-state index in [1.807, 2.05) is 6.92 Å². The van der Waals surface area contributed by atoms with Gasteiger partial charge in [-0.1, -0.05) is 30.7 Å². The van der Waals surface area contributed by atoms with Crippen molar-refractivity contribution in [2.45, 2.75) is 13.3 Å². The van der Waals surface area contributed by atoms with Crippen molar-refractivity contribution in [3.63, 3.8) is 0 Å². The summed E-state index contributed by atoms with van der Waals surface area (Å²) in [5, 5.41) is 0.388. The minimum absolute atomic E-state index is 0.243. The lowest BCUT2D eigenvalue weighted by atomic mass is 10.0. The molecule has 2 N–H and O–H groups in total. The number of ketones is 1. The van der Waals surface area contributed by atoms with Gasteiger partial charge in [0.15, 0.2) is 17.3 Å². The van der Waals surface area contributed by atoms with Crippen molar-refractivity contribution in [3.8, 4) is 11.5 Å². The van der Waals surface area contributed by atoms with E-state index in [9.17, 15) is 4.79 Å². The molecule has 0 bridgehead atoms. The number of rotatable bonds is 6. The Morgan fingerprint density at radius 2 is 1.91 bits per heavy atom. The molecule has 0 aliphatic heterocycles. The zero-order valence-electron chi connectivity index (χ0n) is 12.6. The molecule has 0 saturated heterocycles. The maximum absolute atomic E-state index is 12.7. The van der Waals surface area contributed by atoms with Crippen LogP contribution in [0, 0.1) is 0 Å². The van der Waals surface area contributed by atoms with Gasteiger partial charge < -0.3 is 15.2 Å². The van der Waals surface area contributed by atoms with Gasteiger partial charge in [-0.05, 0) is 24.6 Å². The van der Waals surface area contributed by atoms with Crippen molar-refractivity contribution in [2.24, 2.45) is 0 Å². The van der Waals surface area contributed by atoms with E-state index in [4.69, 9.17) is 26.8 Å². The minimum atomic E-state index is -0.243. The second kappa shape index (κ2) is 7.18. The zero-order valence-corrected chi connectivity index (χ0v) is 13.3. The van der Waals surface area contributed by atoms with E-state index < -0.39 is 0 Å². The van der Waals surface area contributed by atoms with E-state index >= 15 is 0 Å². The fraction of sp³-hybridized carbons (Fsp3) is 0.235. The molecule has 0 spiro atoms. The minimum Gasteiger partial charge on any atom is -0.493 e. The predicted molar refractivity (Wildman–Crippen MR) is 88.1 cm³/mol. The molecule has 0 unspecified atom stereocenters. The third-order valence-electron chi connectivity index (χ3n) is 3.16. The first kappa shape index (κ1) is 16.2. The van der Waals surface area contributed by atoms with Crippen LogP contribution < -0.4 is 15.2 Å². The summed E-state index contributed by atoms with van der Waals surface area (Å²) in [6.45, 7) is 2.53. The molecule has 4 nitrogen and oxygen atoms in total. The highest BCUT2D eigenvalue weighted by atomic mass is 35.5. The molecule has 2 aromatic rings. The Bertz CT molecular complexity index is 686. The normalized spacial score (nSPS) is 10.3. The van der Waals surface area contributed by atoms with Crippen molar-refractivity contribution in [1.29, 1.82) is 0 Å². The number of nitrogen functional groups attached to an aromatic ring is 1. The Hall–Kier alpha value is -2.20. The summed E-state index contributed by atoms with van der Waals surface area (Å²) in [6.07, 6.45) is 0.849. The Morgan fingerprint density at radius 1 is 1.18 bits per heavy atom. The Balaban J connectivity index is 2.46. The standard InChI is InChI=1S/C17H18ClNO3/c1-3-8-22-16-9-12(14(19)10-15(16)21-2)17(20)11-6-4-5-7-13(11)18/h4-7,9-10H,3,8,19H2,1-2H3. The van der Waals surface area contributed by atoms with Crippen LogP contribution in [0.5, 0.6) is 11.5 Å². The van der Waals surface area contributed by atoms with Crippen LogP contribution in [0.2, 0.25) is 5.02 Å². The highest BCUT2D eigenvalue weighted by molar-refractivity contribution is 6.35. The number of nitrogens with two attached hydrogens (primary N) is 1. The average Bonchev–Trinajstić information content (AvgIpc) is 2.53.